The third-order valence-electron chi connectivity index (χ3n) is 2.71. The molecule has 6 nitrogen and oxygen atoms in total. The maximum absolute atomic E-state index is 13.3. The summed E-state index contributed by atoms with van der Waals surface area (Å²) in [6, 6.07) is 2.05. The number of oxazole rings is 1. The molecule has 3 N–H and O–H groups in total. The van der Waals surface area contributed by atoms with Gasteiger partial charge in [0.15, 0.2) is 0 Å². The molecule has 0 aliphatic rings. The highest BCUT2D eigenvalue weighted by Gasteiger charge is 2.20. The zero-order valence-corrected chi connectivity index (χ0v) is 13.5. The molecule has 0 atom stereocenters. The number of sulfonamides is 1. The summed E-state index contributed by atoms with van der Waals surface area (Å²) in [4.78, 5) is 3.73. The summed E-state index contributed by atoms with van der Waals surface area (Å²) in [5, 5.41) is 0. The Balaban J connectivity index is 2.20. The Labute approximate surface area is 129 Å². The van der Waals surface area contributed by atoms with E-state index in [-0.39, 0.29) is 27.5 Å². The Morgan fingerprint density at radius 1 is 1.48 bits per heavy atom. The Morgan fingerprint density at radius 2 is 2.19 bits per heavy atom. The number of hydrogen-bond donors (Lipinski definition) is 2. The highest BCUT2D eigenvalue weighted by atomic mass is 79.9. The minimum absolute atomic E-state index is 0.0152. The Bertz CT molecular complexity index is 761. The van der Waals surface area contributed by atoms with E-state index >= 15 is 0 Å². The van der Waals surface area contributed by atoms with Crippen molar-refractivity contribution in [3.63, 3.8) is 0 Å². The molecule has 0 spiro atoms. The number of halogens is 2. The molecule has 1 heterocycles. The van der Waals surface area contributed by atoms with Crippen LogP contribution in [0.5, 0.6) is 0 Å². The molecule has 0 saturated carbocycles. The van der Waals surface area contributed by atoms with E-state index in [0.29, 0.717) is 12.2 Å². The topological polar surface area (TPSA) is 98.2 Å². The van der Waals surface area contributed by atoms with Gasteiger partial charge in [-0.3, -0.25) is 0 Å². The van der Waals surface area contributed by atoms with E-state index < -0.39 is 15.8 Å². The van der Waals surface area contributed by atoms with Gasteiger partial charge in [-0.05, 0) is 28.1 Å². The molecule has 0 aliphatic heterocycles. The fourth-order valence-corrected chi connectivity index (χ4v) is 3.21. The first-order chi connectivity index (χ1) is 9.83. The van der Waals surface area contributed by atoms with Gasteiger partial charge in [-0.25, -0.2) is 22.5 Å². The first-order valence-corrected chi connectivity index (χ1v) is 8.29. The smallest absolute Gasteiger partial charge is 0.243 e. The molecule has 1 aromatic carbocycles. The number of aryl methyl sites for hydroxylation is 1. The molecule has 0 fully saturated rings. The first kappa shape index (κ1) is 15.9. The molecule has 9 heteroatoms. The summed E-state index contributed by atoms with van der Waals surface area (Å²) in [5.74, 6) is 0.273. The fourth-order valence-electron chi connectivity index (χ4n) is 1.60. The Hall–Kier alpha value is -1.45. The Morgan fingerprint density at radius 3 is 2.81 bits per heavy atom. The van der Waals surface area contributed by atoms with Crippen LogP contribution in [0.15, 0.2) is 32.1 Å². The molecule has 0 unspecified atom stereocenters. The van der Waals surface area contributed by atoms with Crippen LogP contribution in [0.25, 0.3) is 0 Å². The molecular weight excluding hydrogens is 365 g/mol. The average Bonchev–Trinajstić information content (AvgIpc) is 2.88. The van der Waals surface area contributed by atoms with Gasteiger partial charge in [0.25, 0.3) is 0 Å². The second-order valence-electron chi connectivity index (χ2n) is 4.20. The van der Waals surface area contributed by atoms with Gasteiger partial charge in [-0.2, -0.15) is 0 Å². The number of hydrogen-bond acceptors (Lipinski definition) is 5. The maximum Gasteiger partial charge on any atom is 0.243 e. The molecule has 2 rings (SSSR count). The quantitative estimate of drug-likeness (QED) is 0.778. The first-order valence-electron chi connectivity index (χ1n) is 6.01. The van der Waals surface area contributed by atoms with Gasteiger partial charge in [-0.1, -0.05) is 6.92 Å². The average molecular weight is 378 g/mol. The Kier molecular flexibility index (Phi) is 4.64. The largest absolute Gasteiger partial charge is 0.444 e. The lowest BCUT2D eigenvalue weighted by Gasteiger charge is -2.09. The van der Waals surface area contributed by atoms with Gasteiger partial charge in [0.05, 0.1) is 22.9 Å². The number of rotatable bonds is 5. The predicted octanol–water partition coefficient (Wildman–Crippen LogP) is 2.20. The van der Waals surface area contributed by atoms with Gasteiger partial charge in [-0.15, -0.1) is 0 Å². The molecule has 0 radical (unpaired) electrons. The van der Waals surface area contributed by atoms with E-state index in [2.05, 4.69) is 25.6 Å². The van der Waals surface area contributed by atoms with Gasteiger partial charge in [0, 0.05) is 6.42 Å². The molecule has 114 valence electrons. The van der Waals surface area contributed by atoms with E-state index in [1.807, 2.05) is 6.92 Å². The lowest BCUT2D eigenvalue weighted by Crippen LogP contribution is -2.24. The lowest BCUT2D eigenvalue weighted by atomic mass is 10.3. The standard InChI is InChI=1S/C12H13BrFN3O3S/c1-2-7-5-16-12(20-7)6-17-21(18,19)11-3-8(13)9(14)4-10(11)15/h3-5,17H,2,6,15H2,1H3. The van der Waals surface area contributed by atoms with Crippen molar-refractivity contribution in [2.24, 2.45) is 0 Å². The summed E-state index contributed by atoms with van der Waals surface area (Å²) < 4.78 is 45.2. The van der Waals surface area contributed by atoms with Gasteiger partial charge in [0.1, 0.15) is 16.5 Å². The maximum atomic E-state index is 13.3. The number of aromatic nitrogens is 1. The van der Waals surface area contributed by atoms with Crippen molar-refractivity contribution in [3.8, 4) is 0 Å². The van der Waals surface area contributed by atoms with Crippen molar-refractivity contribution in [2.75, 3.05) is 5.73 Å². The number of nitrogens with zero attached hydrogens (tertiary/aromatic N) is 1. The monoisotopic (exact) mass is 377 g/mol. The van der Waals surface area contributed by atoms with Crippen LogP contribution in [0.1, 0.15) is 18.6 Å². The van der Waals surface area contributed by atoms with Gasteiger partial charge < -0.3 is 10.2 Å². The second kappa shape index (κ2) is 6.12. The van der Waals surface area contributed by atoms with Crippen molar-refractivity contribution in [2.45, 2.75) is 24.8 Å². The number of nitrogens with two attached hydrogens (primary N) is 1. The van der Waals surface area contributed by atoms with Crippen molar-refractivity contribution >= 4 is 31.6 Å². The molecule has 0 aliphatic carbocycles. The van der Waals surface area contributed by atoms with Crippen LogP contribution < -0.4 is 10.5 Å². The van der Waals surface area contributed by atoms with Crippen molar-refractivity contribution < 1.29 is 17.2 Å². The van der Waals surface area contributed by atoms with Crippen LogP contribution in [-0.2, 0) is 23.0 Å². The van der Waals surface area contributed by atoms with E-state index in [0.717, 1.165) is 12.1 Å². The SMILES string of the molecule is CCc1cnc(CNS(=O)(=O)c2cc(Br)c(F)cc2N)o1. The zero-order chi connectivity index (χ0) is 15.6. The number of nitrogen functional groups attached to an aromatic ring is 1. The van der Waals surface area contributed by atoms with Crippen molar-refractivity contribution in [1.82, 2.24) is 9.71 Å². The van der Waals surface area contributed by atoms with Crippen LogP contribution in [0.2, 0.25) is 0 Å². The second-order valence-corrected chi connectivity index (χ2v) is 6.79. The van der Waals surface area contributed by atoms with Crippen LogP contribution in [-0.4, -0.2) is 13.4 Å². The third kappa shape index (κ3) is 3.60. The molecule has 21 heavy (non-hydrogen) atoms. The fraction of sp³-hybridized carbons (Fsp3) is 0.250. The number of benzene rings is 1. The number of anilines is 1. The minimum Gasteiger partial charge on any atom is -0.444 e. The van der Waals surface area contributed by atoms with Crippen molar-refractivity contribution in [1.29, 1.82) is 0 Å². The zero-order valence-electron chi connectivity index (χ0n) is 11.1. The molecule has 0 saturated heterocycles. The predicted molar refractivity (Wildman–Crippen MR) is 78.4 cm³/mol. The molecule has 0 amide bonds. The van der Waals surface area contributed by atoms with E-state index in [1.54, 1.807) is 0 Å². The van der Waals surface area contributed by atoms with Gasteiger partial charge >= 0.3 is 0 Å². The van der Waals surface area contributed by atoms with Crippen LogP contribution in [0.3, 0.4) is 0 Å². The van der Waals surface area contributed by atoms with Crippen LogP contribution in [0.4, 0.5) is 10.1 Å². The van der Waals surface area contributed by atoms with Crippen LogP contribution >= 0.6 is 15.9 Å². The molecule has 1 aromatic heterocycles. The molecular formula is C12H13BrFN3O3S. The summed E-state index contributed by atoms with van der Waals surface area (Å²) in [6.07, 6.45) is 2.20. The minimum atomic E-state index is -3.90. The summed E-state index contributed by atoms with van der Waals surface area (Å²) >= 11 is 2.93. The summed E-state index contributed by atoms with van der Waals surface area (Å²) in [7, 11) is -3.90. The molecule has 2 aromatic rings. The summed E-state index contributed by atoms with van der Waals surface area (Å²) in [6.45, 7) is 1.78. The van der Waals surface area contributed by atoms with E-state index in [9.17, 15) is 12.8 Å². The van der Waals surface area contributed by atoms with Crippen molar-refractivity contribution in [3.05, 3.63) is 40.3 Å². The number of nitrogens with one attached hydrogen (secondary N) is 1. The van der Waals surface area contributed by atoms with Gasteiger partial charge in [0.2, 0.25) is 15.9 Å². The summed E-state index contributed by atoms with van der Waals surface area (Å²) in [5.41, 5.74) is 5.38. The van der Waals surface area contributed by atoms with Crippen LogP contribution in [0, 0.1) is 5.82 Å². The highest BCUT2D eigenvalue weighted by Crippen LogP contribution is 2.26. The van der Waals surface area contributed by atoms with E-state index in [1.165, 1.54) is 6.20 Å². The molecule has 0 bridgehead atoms. The normalized spacial score (nSPS) is 11.8. The third-order valence-corrected chi connectivity index (χ3v) is 4.77. The lowest BCUT2D eigenvalue weighted by molar-refractivity contribution is 0.452. The van der Waals surface area contributed by atoms with E-state index in [4.69, 9.17) is 10.2 Å². The highest BCUT2D eigenvalue weighted by molar-refractivity contribution is 9.10.